The van der Waals surface area contributed by atoms with Gasteiger partial charge in [-0.15, -0.1) is 0 Å². The molecule has 1 saturated heterocycles. The Balaban J connectivity index is 1.61. The van der Waals surface area contributed by atoms with Crippen molar-refractivity contribution in [1.29, 1.82) is 0 Å². The first-order valence-electron chi connectivity index (χ1n) is 9.74. The molecule has 0 radical (unpaired) electrons. The fourth-order valence-corrected chi connectivity index (χ4v) is 4.67. The second kappa shape index (κ2) is 7.81. The van der Waals surface area contributed by atoms with Crippen LogP contribution in [0, 0.1) is 5.92 Å². The van der Waals surface area contributed by atoms with Gasteiger partial charge in [-0.25, -0.2) is 14.6 Å². The summed E-state index contributed by atoms with van der Waals surface area (Å²) in [5, 5.41) is 4.30. The van der Waals surface area contributed by atoms with Gasteiger partial charge in [-0.1, -0.05) is 11.8 Å². The predicted molar refractivity (Wildman–Crippen MR) is 110 cm³/mol. The zero-order chi connectivity index (χ0) is 20.5. The van der Waals surface area contributed by atoms with Crippen LogP contribution in [0.4, 0.5) is 4.79 Å². The lowest BCUT2D eigenvalue weighted by Crippen LogP contribution is -2.42. The van der Waals surface area contributed by atoms with E-state index < -0.39 is 11.3 Å². The van der Waals surface area contributed by atoms with Crippen molar-refractivity contribution in [3.63, 3.8) is 0 Å². The lowest BCUT2D eigenvalue weighted by atomic mass is 9.98. The number of dihydropyridines is 1. The monoisotopic (exact) mass is 407 g/mol. The molecule has 1 N–H and O–H groups in total. The minimum absolute atomic E-state index is 0.250. The third-order valence-corrected chi connectivity index (χ3v) is 6.20. The fraction of sp³-hybridized carbons (Fsp3) is 0.650. The molecular formula is C20H29N3O4S. The Morgan fingerprint density at radius 2 is 2.04 bits per heavy atom. The molecule has 28 heavy (non-hydrogen) atoms. The number of aliphatic imine (C=N–C) groups is 1. The highest BCUT2D eigenvalue weighted by Crippen LogP contribution is 2.44. The molecular weight excluding hydrogens is 378 g/mol. The van der Waals surface area contributed by atoms with Crippen molar-refractivity contribution in [1.82, 2.24) is 10.2 Å². The van der Waals surface area contributed by atoms with Gasteiger partial charge in [-0.05, 0) is 53.5 Å². The van der Waals surface area contributed by atoms with Crippen LogP contribution >= 0.6 is 11.8 Å². The maximum Gasteiger partial charge on any atom is 0.410 e. The molecule has 3 rings (SSSR count). The molecule has 3 heterocycles. The number of nitrogens with one attached hydrogen (secondary N) is 1. The van der Waals surface area contributed by atoms with Gasteiger partial charge in [-0.2, -0.15) is 0 Å². The standard InChI is InChI=1S/C20H29N3O4S/c1-6-26-17(24)14-11-15-20(5,21-12-14)22-16(28-15)13-7-9-23(10-8-13)18(25)27-19(2,3)4/h11-13,21H,6-10H2,1-5H3. The van der Waals surface area contributed by atoms with E-state index in [1.54, 1.807) is 29.8 Å². The highest BCUT2D eigenvalue weighted by atomic mass is 32.2. The summed E-state index contributed by atoms with van der Waals surface area (Å²) in [5.41, 5.74) is -0.498. The van der Waals surface area contributed by atoms with Crippen LogP contribution in [-0.2, 0) is 14.3 Å². The van der Waals surface area contributed by atoms with Gasteiger partial charge < -0.3 is 19.7 Å². The summed E-state index contributed by atoms with van der Waals surface area (Å²) in [6, 6.07) is 0. The average molecular weight is 408 g/mol. The van der Waals surface area contributed by atoms with Crippen molar-refractivity contribution in [2.75, 3.05) is 19.7 Å². The van der Waals surface area contributed by atoms with Crippen molar-refractivity contribution >= 4 is 28.9 Å². The zero-order valence-corrected chi connectivity index (χ0v) is 18.0. The lowest BCUT2D eigenvalue weighted by molar-refractivity contribution is -0.138. The van der Waals surface area contributed by atoms with Crippen molar-refractivity contribution in [3.05, 3.63) is 22.8 Å². The van der Waals surface area contributed by atoms with Crippen molar-refractivity contribution in [3.8, 4) is 0 Å². The fourth-order valence-electron chi connectivity index (χ4n) is 3.33. The van der Waals surface area contributed by atoms with Gasteiger partial charge in [-0.3, -0.25) is 0 Å². The second-order valence-electron chi connectivity index (χ2n) is 8.34. The van der Waals surface area contributed by atoms with Crippen LogP contribution in [0.5, 0.6) is 0 Å². The van der Waals surface area contributed by atoms with E-state index in [1.807, 2.05) is 33.8 Å². The number of thioether (sulfide) groups is 1. The van der Waals surface area contributed by atoms with Gasteiger partial charge in [0.2, 0.25) is 0 Å². The summed E-state index contributed by atoms with van der Waals surface area (Å²) in [4.78, 5) is 31.9. The molecule has 3 aliphatic rings. The van der Waals surface area contributed by atoms with Crippen LogP contribution in [0.3, 0.4) is 0 Å². The van der Waals surface area contributed by atoms with Crippen LogP contribution in [0.15, 0.2) is 27.7 Å². The Hall–Kier alpha value is -1.96. The number of hydrogen-bond donors (Lipinski definition) is 1. The maximum absolute atomic E-state index is 12.2. The number of rotatable bonds is 3. The number of piperidine rings is 1. The third kappa shape index (κ3) is 4.54. The molecule has 0 spiro atoms. The molecule has 1 amide bonds. The number of fused-ring (bicyclic) bond motifs is 1. The number of nitrogens with zero attached hydrogens (tertiary/aromatic N) is 2. The van der Waals surface area contributed by atoms with E-state index in [4.69, 9.17) is 14.5 Å². The molecule has 0 saturated carbocycles. The number of ether oxygens (including phenoxy) is 2. The average Bonchev–Trinajstić information content (AvgIpc) is 2.97. The lowest BCUT2D eigenvalue weighted by Gasteiger charge is -2.33. The molecule has 1 fully saturated rings. The molecule has 0 aromatic rings. The van der Waals surface area contributed by atoms with E-state index in [2.05, 4.69) is 5.32 Å². The minimum Gasteiger partial charge on any atom is -0.462 e. The van der Waals surface area contributed by atoms with Crippen LogP contribution in [0.25, 0.3) is 0 Å². The van der Waals surface area contributed by atoms with Crippen molar-refractivity contribution in [2.24, 2.45) is 10.9 Å². The number of amides is 1. The van der Waals surface area contributed by atoms with E-state index >= 15 is 0 Å². The molecule has 0 aliphatic carbocycles. The molecule has 7 nitrogen and oxygen atoms in total. The van der Waals surface area contributed by atoms with E-state index in [1.165, 1.54) is 0 Å². The SMILES string of the molecule is CCOC(=O)C1=CNC2(C)N=C(C3CCN(C(=O)OC(C)(C)C)CC3)SC2=C1. The first-order chi connectivity index (χ1) is 13.1. The first-order valence-corrected chi connectivity index (χ1v) is 10.6. The van der Waals surface area contributed by atoms with Crippen LogP contribution in [0.2, 0.25) is 0 Å². The van der Waals surface area contributed by atoms with E-state index in [0.29, 0.717) is 31.2 Å². The summed E-state index contributed by atoms with van der Waals surface area (Å²) < 4.78 is 10.6. The largest absolute Gasteiger partial charge is 0.462 e. The highest BCUT2D eigenvalue weighted by molar-refractivity contribution is 8.17. The Labute approximate surface area is 170 Å². The number of esters is 1. The van der Waals surface area contributed by atoms with Crippen LogP contribution in [0.1, 0.15) is 47.5 Å². The summed E-state index contributed by atoms with van der Waals surface area (Å²) in [6.45, 7) is 11.1. The molecule has 0 bridgehead atoms. The molecule has 0 aromatic carbocycles. The summed E-state index contributed by atoms with van der Waals surface area (Å²) in [7, 11) is 0. The van der Waals surface area contributed by atoms with Gasteiger partial charge in [0.25, 0.3) is 0 Å². The highest BCUT2D eigenvalue weighted by Gasteiger charge is 2.41. The Bertz CT molecular complexity index is 745. The molecule has 0 aromatic heterocycles. The van der Waals surface area contributed by atoms with Crippen LogP contribution < -0.4 is 5.32 Å². The maximum atomic E-state index is 12.2. The number of likely N-dealkylation sites (tertiary alicyclic amines) is 1. The summed E-state index contributed by atoms with van der Waals surface area (Å²) in [5.74, 6) is -0.0240. The van der Waals surface area contributed by atoms with Crippen LogP contribution in [-0.4, -0.2) is 53.0 Å². The Morgan fingerprint density at radius 3 is 2.64 bits per heavy atom. The van der Waals surface area contributed by atoms with Gasteiger partial charge >= 0.3 is 12.1 Å². The van der Waals surface area contributed by atoms with Gasteiger partial charge in [0.1, 0.15) is 5.60 Å². The summed E-state index contributed by atoms with van der Waals surface area (Å²) in [6.07, 6.45) is 5.00. The Morgan fingerprint density at radius 1 is 1.36 bits per heavy atom. The number of hydrogen-bond acceptors (Lipinski definition) is 7. The zero-order valence-electron chi connectivity index (χ0n) is 17.2. The van der Waals surface area contributed by atoms with Gasteiger partial charge in [0.05, 0.1) is 17.2 Å². The molecule has 1 atom stereocenters. The topological polar surface area (TPSA) is 80.2 Å². The molecule has 8 heteroatoms. The molecule has 154 valence electrons. The second-order valence-corrected chi connectivity index (χ2v) is 9.40. The normalized spacial score (nSPS) is 25.2. The first kappa shape index (κ1) is 20.8. The minimum atomic E-state index is -0.529. The van der Waals surface area contributed by atoms with Crippen molar-refractivity contribution in [2.45, 2.75) is 58.7 Å². The van der Waals surface area contributed by atoms with Gasteiger partial charge in [0, 0.05) is 30.1 Å². The van der Waals surface area contributed by atoms with E-state index in [9.17, 15) is 9.59 Å². The van der Waals surface area contributed by atoms with E-state index in [0.717, 1.165) is 22.8 Å². The summed E-state index contributed by atoms with van der Waals surface area (Å²) >= 11 is 1.62. The predicted octanol–water partition coefficient (Wildman–Crippen LogP) is 3.43. The van der Waals surface area contributed by atoms with Crippen molar-refractivity contribution < 1.29 is 19.1 Å². The molecule has 3 aliphatic heterocycles. The smallest absolute Gasteiger partial charge is 0.410 e. The number of carbonyl (C=O) groups is 2. The Kier molecular flexibility index (Phi) is 5.79. The quantitative estimate of drug-likeness (QED) is 0.722. The van der Waals surface area contributed by atoms with Gasteiger partial charge in [0.15, 0.2) is 5.66 Å². The molecule has 1 unspecified atom stereocenters. The van der Waals surface area contributed by atoms with E-state index in [-0.39, 0.29) is 12.1 Å². The number of carbonyl (C=O) groups excluding carboxylic acids is 2. The third-order valence-electron chi connectivity index (χ3n) is 4.83.